The number of imidazole rings is 1. The molecule has 2 N–H and O–H groups in total. The molecule has 2 aromatic rings. The van der Waals surface area contributed by atoms with E-state index >= 15 is 0 Å². The van der Waals surface area contributed by atoms with E-state index in [0.29, 0.717) is 6.04 Å². The van der Waals surface area contributed by atoms with Gasteiger partial charge in [0.05, 0.1) is 24.1 Å². The molecule has 0 amide bonds. The van der Waals surface area contributed by atoms with Gasteiger partial charge in [-0.1, -0.05) is 18.1 Å². The summed E-state index contributed by atoms with van der Waals surface area (Å²) in [6.45, 7) is 3.74. The van der Waals surface area contributed by atoms with Gasteiger partial charge in [0.1, 0.15) is 5.82 Å². The molecule has 1 aromatic carbocycles. The summed E-state index contributed by atoms with van der Waals surface area (Å²) in [6.07, 6.45) is 7.66. The maximum atomic E-state index is 5.35. The van der Waals surface area contributed by atoms with E-state index in [0.717, 1.165) is 55.9 Å². The first-order chi connectivity index (χ1) is 9.85. The largest absolute Gasteiger partial charge is 0.341 e. The standard InChI is InChI=1S/C16H20N4/c1-2-9-20-10-7-13(8-11-20)17-12-16-18-14-5-3-4-6-15(14)19-16/h1,3-6,13,17H,7-12H2,(H,18,19). The van der Waals surface area contributed by atoms with Gasteiger partial charge in [-0.3, -0.25) is 4.90 Å². The summed E-state index contributed by atoms with van der Waals surface area (Å²) < 4.78 is 0. The molecule has 0 atom stereocenters. The molecular formula is C16H20N4. The highest BCUT2D eigenvalue weighted by molar-refractivity contribution is 5.74. The van der Waals surface area contributed by atoms with Crippen molar-refractivity contribution in [2.45, 2.75) is 25.4 Å². The zero-order chi connectivity index (χ0) is 13.8. The summed E-state index contributed by atoms with van der Waals surface area (Å²) in [5, 5.41) is 3.59. The predicted octanol–water partition coefficient (Wildman–Crippen LogP) is 1.75. The molecule has 0 unspecified atom stereocenters. The van der Waals surface area contributed by atoms with E-state index in [2.05, 4.69) is 32.2 Å². The molecule has 0 spiro atoms. The van der Waals surface area contributed by atoms with Crippen LogP contribution < -0.4 is 5.32 Å². The second-order valence-corrected chi connectivity index (χ2v) is 5.34. The van der Waals surface area contributed by atoms with Crippen LogP contribution in [0.15, 0.2) is 24.3 Å². The SMILES string of the molecule is C#CCN1CCC(NCc2nc3ccccc3[nH]2)CC1. The van der Waals surface area contributed by atoms with Crippen molar-refractivity contribution in [3.8, 4) is 12.3 Å². The van der Waals surface area contributed by atoms with Crippen LogP contribution in [0.5, 0.6) is 0 Å². The van der Waals surface area contributed by atoms with Gasteiger partial charge in [-0.05, 0) is 25.0 Å². The molecule has 1 saturated heterocycles. The molecule has 1 aromatic heterocycles. The van der Waals surface area contributed by atoms with Gasteiger partial charge >= 0.3 is 0 Å². The Morgan fingerprint density at radius 1 is 1.35 bits per heavy atom. The number of rotatable bonds is 4. The molecule has 0 saturated carbocycles. The quantitative estimate of drug-likeness (QED) is 0.830. The number of nitrogens with one attached hydrogen (secondary N) is 2. The topological polar surface area (TPSA) is 44.0 Å². The lowest BCUT2D eigenvalue weighted by molar-refractivity contribution is 0.217. The Labute approximate surface area is 119 Å². The van der Waals surface area contributed by atoms with Crippen molar-refractivity contribution < 1.29 is 0 Å². The van der Waals surface area contributed by atoms with Gasteiger partial charge < -0.3 is 10.3 Å². The fourth-order valence-electron chi connectivity index (χ4n) is 2.75. The molecule has 1 aliphatic rings. The monoisotopic (exact) mass is 268 g/mol. The number of H-pyrrole nitrogens is 1. The van der Waals surface area contributed by atoms with Crippen LogP contribution in [0.4, 0.5) is 0 Å². The molecule has 2 heterocycles. The van der Waals surface area contributed by atoms with E-state index in [1.54, 1.807) is 0 Å². The van der Waals surface area contributed by atoms with E-state index in [4.69, 9.17) is 6.42 Å². The number of benzene rings is 1. The van der Waals surface area contributed by atoms with Crippen LogP contribution in [0.3, 0.4) is 0 Å². The second-order valence-electron chi connectivity index (χ2n) is 5.34. The minimum atomic E-state index is 0.567. The number of hydrogen-bond acceptors (Lipinski definition) is 3. The van der Waals surface area contributed by atoms with Gasteiger partial charge in [0, 0.05) is 19.1 Å². The van der Waals surface area contributed by atoms with Gasteiger partial charge in [-0.25, -0.2) is 4.98 Å². The van der Waals surface area contributed by atoms with Crippen molar-refractivity contribution in [1.29, 1.82) is 0 Å². The number of likely N-dealkylation sites (tertiary alicyclic amines) is 1. The van der Waals surface area contributed by atoms with E-state index < -0.39 is 0 Å². The van der Waals surface area contributed by atoms with Crippen molar-refractivity contribution >= 4 is 11.0 Å². The van der Waals surface area contributed by atoms with Gasteiger partial charge in [0.25, 0.3) is 0 Å². The van der Waals surface area contributed by atoms with Gasteiger partial charge in [-0.15, -0.1) is 6.42 Å². The Bertz CT molecular complexity index is 569. The summed E-state index contributed by atoms with van der Waals surface area (Å²) in [5.41, 5.74) is 2.14. The first-order valence-corrected chi connectivity index (χ1v) is 7.18. The smallest absolute Gasteiger partial charge is 0.121 e. The summed E-state index contributed by atoms with van der Waals surface area (Å²) in [7, 11) is 0. The number of aromatic amines is 1. The Morgan fingerprint density at radius 3 is 2.90 bits per heavy atom. The third-order valence-corrected chi connectivity index (χ3v) is 3.90. The zero-order valence-electron chi connectivity index (χ0n) is 11.6. The molecule has 4 nitrogen and oxygen atoms in total. The van der Waals surface area contributed by atoms with Crippen LogP contribution in [-0.2, 0) is 6.54 Å². The van der Waals surface area contributed by atoms with Crippen LogP contribution in [-0.4, -0.2) is 40.5 Å². The van der Waals surface area contributed by atoms with Crippen molar-refractivity contribution in [1.82, 2.24) is 20.2 Å². The van der Waals surface area contributed by atoms with Crippen molar-refractivity contribution in [3.63, 3.8) is 0 Å². The molecule has 0 radical (unpaired) electrons. The average Bonchev–Trinajstić information content (AvgIpc) is 2.90. The maximum Gasteiger partial charge on any atom is 0.121 e. The first kappa shape index (κ1) is 13.2. The molecule has 1 fully saturated rings. The van der Waals surface area contributed by atoms with Crippen LogP contribution >= 0.6 is 0 Å². The number of aromatic nitrogens is 2. The molecule has 0 bridgehead atoms. The Morgan fingerprint density at radius 2 is 2.15 bits per heavy atom. The predicted molar refractivity (Wildman–Crippen MR) is 81.2 cm³/mol. The summed E-state index contributed by atoms with van der Waals surface area (Å²) in [4.78, 5) is 10.3. The molecular weight excluding hydrogens is 248 g/mol. The maximum absolute atomic E-state index is 5.35. The van der Waals surface area contributed by atoms with Crippen LogP contribution in [0.2, 0.25) is 0 Å². The summed E-state index contributed by atoms with van der Waals surface area (Å²) >= 11 is 0. The van der Waals surface area contributed by atoms with Crippen LogP contribution in [0.1, 0.15) is 18.7 Å². The molecule has 1 aliphatic heterocycles. The minimum Gasteiger partial charge on any atom is -0.341 e. The lowest BCUT2D eigenvalue weighted by Gasteiger charge is -2.30. The fourth-order valence-corrected chi connectivity index (χ4v) is 2.75. The second kappa shape index (κ2) is 6.08. The number of terminal acetylenes is 1. The van der Waals surface area contributed by atoms with E-state index in [-0.39, 0.29) is 0 Å². The van der Waals surface area contributed by atoms with Gasteiger partial charge in [0.2, 0.25) is 0 Å². The van der Waals surface area contributed by atoms with Crippen molar-refractivity contribution in [2.24, 2.45) is 0 Å². The Kier molecular flexibility index (Phi) is 4.00. The van der Waals surface area contributed by atoms with Crippen molar-refractivity contribution in [3.05, 3.63) is 30.1 Å². The number of para-hydroxylation sites is 2. The highest BCUT2D eigenvalue weighted by atomic mass is 15.1. The Hall–Kier alpha value is -1.83. The molecule has 104 valence electrons. The minimum absolute atomic E-state index is 0.567. The lowest BCUT2D eigenvalue weighted by Crippen LogP contribution is -2.42. The lowest BCUT2D eigenvalue weighted by atomic mass is 10.1. The molecule has 0 aliphatic carbocycles. The molecule has 4 heteroatoms. The zero-order valence-corrected chi connectivity index (χ0v) is 11.6. The van der Waals surface area contributed by atoms with Gasteiger partial charge in [-0.2, -0.15) is 0 Å². The van der Waals surface area contributed by atoms with E-state index in [1.165, 1.54) is 0 Å². The fraction of sp³-hybridized carbons (Fsp3) is 0.438. The van der Waals surface area contributed by atoms with Crippen LogP contribution in [0, 0.1) is 12.3 Å². The third kappa shape index (κ3) is 3.01. The van der Waals surface area contributed by atoms with Crippen molar-refractivity contribution in [2.75, 3.05) is 19.6 Å². The Balaban J connectivity index is 1.51. The van der Waals surface area contributed by atoms with E-state index in [1.807, 2.05) is 18.2 Å². The third-order valence-electron chi connectivity index (χ3n) is 3.90. The van der Waals surface area contributed by atoms with E-state index in [9.17, 15) is 0 Å². The van der Waals surface area contributed by atoms with Gasteiger partial charge in [0.15, 0.2) is 0 Å². The van der Waals surface area contributed by atoms with Crippen LogP contribution in [0.25, 0.3) is 11.0 Å². The number of fused-ring (bicyclic) bond motifs is 1. The normalized spacial score (nSPS) is 17.4. The molecule has 20 heavy (non-hydrogen) atoms. The number of piperidine rings is 1. The molecule has 3 rings (SSSR count). The number of nitrogens with zero attached hydrogens (tertiary/aromatic N) is 2. The summed E-state index contributed by atoms with van der Waals surface area (Å²) in [6, 6.07) is 8.70. The highest BCUT2D eigenvalue weighted by Gasteiger charge is 2.18. The average molecular weight is 268 g/mol. The number of hydrogen-bond donors (Lipinski definition) is 2. The highest BCUT2D eigenvalue weighted by Crippen LogP contribution is 2.12. The first-order valence-electron chi connectivity index (χ1n) is 7.18. The summed E-state index contributed by atoms with van der Waals surface area (Å²) in [5.74, 6) is 3.73.